The Bertz CT molecular complexity index is 445. The topological polar surface area (TPSA) is 46.3 Å². The van der Waals surface area contributed by atoms with Crippen molar-refractivity contribution >= 4 is 23.1 Å². The van der Waals surface area contributed by atoms with Crippen molar-refractivity contribution in [1.29, 1.82) is 0 Å². The van der Waals surface area contributed by atoms with Gasteiger partial charge in [-0.05, 0) is 25.8 Å². The second-order valence-corrected chi connectivity index (χ2v) is 5.76. The minimum Gasteiger partial charge on any atom is -0.393 e. The highest BCUT2D eigenvalue weighted by Crippen LogP contribution is 2.16. The normalized spacial score (nSPS) is 12.2. The fraction of sp³-hybridized carbons (Fsp3) is 0.500. The van der Waals surface area contributed by atoms with E-state index in [0.717, 1.165) is 12.0 Å². The van der Waals surface area contributed by atoms with Crippen LogP contribution in [0.25, 0.3) is 0 Å². The zero-order valence-electron chi connectivity index (χ0n) is 12.5. The molecule has 1 atom stereocenters. The van der Waals surface area contributed by atoms with E-state index in [2.05, 4.69) is 0 Å². The molecule has 0 fully saturated rings. The van der Waals surface area contributed by atoms with Gasteiger partial charge in [0, 0.05) is 12.6 Å². The number of nitrogens with zero attached hydrogens (tertiary/aromatic N) is 1. The Morgan fingerprint density at radius 3 is 2.35 bits per heavy atom. The molecular weight excluding hydrogens is 268 g/mol. The Balaban J connectivity index is 2.89. The molecule has 0 aliphatic carbocycles. The predicted octanol–water partition coefficient (Wildman–Crippen LogP) is 3.13. The molecule has 1 aromatic carbocycles. The zero-order valence-corrected chi connectivity index (χ0v) is 13.3. The number of hydrogen-bond acceptors (Lipinski definition) is 2. The number of carbonyl (C=O) groups excluding carboxylic acids is 1. The second-order valence-electron chi connectivity index (χ2n) is 5.29. The van der Waals surface area contributed by atoms with Gasteiger partial charge in [-0.2, -0.15) is 0 Å². The third kappa shape index (κ3) is 4.60. The molecule has 1 unspecified atom stereocenters. The highest BCUT2D eigenvalue weighted by Gasteiger charge is 2.27. The Hall–Kier alpha value is -1.42. The molecule has 0 radical (unpaired) electrons. The number of benzene rings is 1. The van der Waals surface area contributed by atoms with Crippen molar-refractivity contribution in [2.75, 3.05) is 0 Å². The summed E-state index contributed by atoms with van der Waals surface area (Å²) in [5.74, 6) is -0.306. The van der Waals surface area contributed by atoms with Crippen LogP contribution in [0.2, 0.25) is 0 Å². The largest absolute Gasteiger partial charge is 0.393 e. The quantitative estimate of drug-likeness (QED) is 0.785. The van der Waals surface area contributed by atoms with Crippen molar-refractivity contribution in [3.05, 3.63) is 35.9 Å². The first-order valence-corrected chi connectivity index (χ1v) is 7.51. The fourth-order valence-corrected chi connectivity index (χ4v) is 2.39. The zero-order chi connectivity index (χ0) is 15.1. The van der Waals surface area contributed by atoms with Crippen LogP contribution in [0.15, 0.2) is 30.3 Å². The molecule has 1 amide bonds. The van der Waals surface area contributed by atoms with Crippen LogP contribution in [0.4, 0.5) is 0 Å². The van der Waals surface area contributed by atoms with E-state index in [0.29, 0.717) is 18.0 Å². The van der Waals surface area contributed by atoms with Crippen molar-refractivity contribution in [2.24, 2.45) is 11.7 Å². The summed E-state index contributed by atoms with van der Waals surface area (Å²) in [5.41, 5.74) is 6.86. The minimum atomic E-state index is -0.346. The van der Waals surface area contributed by atoms with Gasteiger partial charge < -0.3 is 10.6 Å². The van der Waals surface area contributed by atoms with E-state index in [1.54, 1.807) is 0 Å². The van der Waals surface area contributed by atoms with E-state index in [1.807, 2.05) is 56.0 Å². The van der Waals surface area contributed by atoms with E-state index < -0.39 is 0 Å². The molecule has 0 saturated carbocycles. The molecule has 20 heavy (non-hydrogen) atoms. The van der Waals surface area contributed by atoms with Crippen LogP contribution in [-0.2, 0) is 11.3 Å². The summed E-state index contributed by atoms with van der Waals surface area (Å²) in [5, 5.41) is 0. The van der Waals surface area contributed by atoms with Crippen molar-refractivity contribution in [3.63, 3.8) is 0 Å². The average molecular weight is 292 g/mol. The molecule has 0 bridgehead atoms. The Labute approximate surface area is 127 Å². The van der Waals surface area contributed by atoms with Crippen LogP contribution in [-0.4, -0.2) is 21.8 Å². The molecule has 0 spiro atoms. The first-order valence-electron chi connectivity index (χ1n) is 7.11. The number of hydrogen-bond donors (Lipinski definition) is 1. The van der Waals surface area contributed by atoms with Crippen molar-refractivity contribution in [1.82, 2.24) is 4.90 Å². The van der Waals surface area contributed by atoms with Crippen LogP contribution < -0.4 is 5.73 Å². The van der Waals surface area contributed by atoms with Crippen LogP contribution in [0.5, 0.6) is 0 Å². The van der Waals surface area contributed by atoms with Gasteiger partial charge in [-0.3, -0.25) is 4.79 Å². The number of rotatable bonds is 7. The third-order valence-electron chi connectivity index (χ3n) is 3.32. The summed E-state index contributed by atoms with van der Waals surface area (Å²) < 4.78 is 0. The van der Waals surface area contributed by atoms with Gasteiger partial charge >= 0.3 is 0 Å². The molecule has 0 aromatic heterocycles. The molecule has 0 aliphatic heterocycles. The van der Waals surface area contributed by atoms with Gasteiger partial charge in [0.25, 0.3) is 0 Å². The first kappa shape index (κ1) is 16.6. The summed E-state index contributed by atoms with van der Waals surface area (Å²) in [6.45, 7) is 6.67. The second kappa shape index (κ2) is 8.00. The van der Waals surface area contributed by atoms with Crippen molar-refractivity contribution in [3.8, 4) is 0 Å². The number of thiocarbonyl (C=S) groups is 1. The molecule has 1 aromatic rings. The Morgan fingerprint density at radius 1 is 1.30 bits per heavy atom. The van der Waals surface area contributed by atoms with Crippen LogP contribution in [0.3, 0.4) is 0 Å². The average Bonchev–Trinajstić information content (AvgIpc) is 2.42. The minimum absolute atomic E-state index is 0.0400. The van der Waals surface area contributed by atoms with Gasteiger partial charge in [-0.15, -0.1) is 0 Å². The summed E-state index contributed by atoms with van der Waals surface area (Å²) in [4.78, 5) is 14.8. The van der Waals surface area contributed by atoms with Gasteiger partial charge in [-0.25, -0.2) is 0 Å². The van der Waals surface area contributed by atoms with Gasteiger partial charge in [0.15, 0.2) is 0 Å². The lowest BCUT2D eigenvalue weighted by molar-refractivity contribution is -0.135. The molecular formula is C16H24N2OS. The standard InChI is InChI=1S/C16H24N2OS/c1-4-8-14(15(17)20)16(19)18(12(2)3)11-13-9-6-5-7-10-13/h5-7,9-10,12,14H,4,8,11H2,1-3H3,(H2,17,20). The highest BCUT2D eigenvalue weighted by molar-refractivity contribution is 7.80. The van der Waals surface area contributed by atoms with Gasteiger partial charge in [0.2, 0.25) is 5.91 Å². The van der Waals surface area contributed by atoms with E-state index in [9.17, 15) is 4.79 Å². The summed E-state index contributed by atoms with van der Waals surface area (Å²) >= 11 is 5.06. The van der Waals surface area contributed by atoms with Crippen LogP contribution in [0.1, 0.15) is 39.2 Å². The summed E-state index contributed by atoms with van der Waals surface area (Å²) in [7, 11) is 0. The number of nitrogens with two attached hydrogens (primary N) is 1. The maximum absolute atomic E-state index is 12.7. The van der Waals surface area contributed by atoms with Crippen LogP contribution in [0, 0.1) is 5.92 Å². The Kier molecular flexibility index (Phi) is 6.65. The molecule has 110 valence electrons. The maximum Gasteiger partial charge on any atom is 0.233 e. The van der Waals surface area contributed by atoms with Gasteiger partial charge in [-0.1, -0.05) is 55.9 Å². The highest BCUT2D eigenvalue weighted by atomic mass is 32.1. The first-order chi connectivity index (χ1) is 9.47. The lowest BCUT2D eigenvalue weighted by Gasteiger charge is -2.30. The number of carbonyl (C=O) groups is 1. The summed E-state index contributed by atoms with van der Waals surface area (Å²) in [6.07, 6.45) is 1.61. The number of amides is 1. The molecule has 0 aliphatic rings. The third-order valence-corrected chi connectivity index (χ3v) is 3.61. The van der Waals surface area contributed by atoms with Crippen LogP contribution >= 0.6 is 12.2 Å². The summed E-state index contributed by atoms with van der Waals surface area (Å²) in [6, 6.07) is 10.1. The van der Waals surface area contributed by atoms with Gasteiger partial charge in [0.1, 0.15) is 0 Å². The molecule has 0 heterocycles. The molecule has 2 N–H and O–H groups in total. The van der Waals surface area contributed by atoms with E-state index in [-0.39, 0.29) is 17.9 Å². The maximum atomic E-state index is 12.7. The Morgan fingerprint density at radius 2 is 1.90 bits per heavy atom. The molecule has 1 rings (SSSR count). The van der Waals surface area contributed by atoms with Gasteiger partial charge in [0.05, 0.1) is 10.9 Å². The molecule has 3 nitrogen and oxygen atoms in total. The van der Waals surface area contributed by atoms with Crippen molar-refractivity contribution < 1.29 is 4.79 Å². The van der Waals surface area contributed by atoms with E-state index in [4.69, 9.17) is 18.0 Å². The lowest BCUT2D eigenvalue weighted by Crippen LogP contribution is -2.44. The molecule has 4 heteroatoms. The van der Waals surface area contributed by atoms with Crippen molar-refractivity contribution in [2.45, 2.75) is 46.2 Å². The SMILES string of the molecule is CCCC(C(=O)N(Cc1ccccc1)C(C)C)C(N)=S. The van der Waals surface area contributed by atoms with E-state index in [1.165, 1.54) is 0 Å². The van der Waals surface area contributed by atoms with E-state index >= 15 is 0 Å². The lowest BCUT2D eigenvalue weighted by atomic mass is 10.0. The molecule has 0 saturated heterocycles. The predicted molar refractivity (Wildman–Crippen MR) is 87.3 cm³/mol. The monoisotopic (exact) mass is 292 g/mol. The smallest absolute Gasteiger partial charge is 0.233 e. The fourth-order valence-electron chi connectivity index (χ4n) is 2.17.